The molecule has 98 valence electrons. The van der Waals surface area contributed by atoms with Crippen molar-refractivity contribution in [1.29, 1.82) is 0 Å². The van der Waals surface area contributed by atoms with Crippen LogP contribution in [0.5, 0.6) is 0 Å². The molecular formula is C14H20N2OS. The van der Waals surface area contributed by atoms with E-state index in [1.807, 2.05) is 19.1 Å². The van der Waals surface area contributed by atoms with Gasteiger partial charge in [-0.3, -0.25) is 0 Å². The molecule has 0 aromatic heterocycles. The smallest absolute Gasteiger partial charge is 0.106 e. The van der Waals surface area contributed by atoms with Crippen LogP contribution >= 0.6 is 12.2 Å². The SMILES string of the molecule is Cc1ccc(C(N)=S)c(N2CCCC(C)(O)C2)c1. The van der Waals surface area contributed by atoms with E-state index < -0.39 is 5.60 Å². The van der Waals surface area contributed by atoms with Crippen LogP contribution in [0.1, 0.15) is 30.9 Å². The molecule has 1 atom stereocenters. The quantitative estimate of drug-likeness (QED) is 0.802. The molecule has 3 N–H and O–H groups in total. The van der Waals surface area contributed by atoms with Gasteiger partial charge in [-0.1, -0.05) is 18.3 Å². The van der Waals surface area contributed by atoms with Crippen LogP contribution in [0, 0.1) is 6.92 Å². The van der Waals surface area contributed by atoms with E-state index in [2.05, 4.69) is 17.9 Å². The van der Waals surface area contributed by atoms with Gasteiger partial charge in [0.25, 0.3) is 0 Å². The number of benzene rings is 1. The Morgan fingerprint density at radius 2 is 2.22 bits per heavy atom. The number of β-amino-alcohol motifs (C(OH)–C–C–N with tert-alkyl or cyclic N) is 1. The van der Waals surface area contributed by atoms with E-state index in [0.717, 1.165) is 30.6 Å². The molecule has 0 amide bonds. The van der Waals surface area contributed by atoms with E-state index in [0.29, 0.717) is 11.5 Å². The first-order chi connectivity index (χ1) is 8.39. The van der Waals surface area contributed by atoms with Crippen LogP contribution in [0.25, 0.3) is 0 Å². The zero-order valence-corrected chi connectivity index (χ0v) is 11.8. The molecule has 1 aromatic rings. The molecule has 2 rings (SSSR count). The number of anilines is 1. The lowest BCUT2D eigenvalue weighted by Crippen LogP contribution is -2.46. The predicted molar refractivity (Wildman–Crippen MR) is 79.1 cm³/mol. The third-order valence-electron chi connectivity index (χ3n) is 3.43. The van der Waals surface area contributed by atoms with E-state index >= 15 is 0 Å². The molecular weight excluding hydrogens is 244 g/mol. The second kappa shape index (κ2) is 4.86. The molecule has 1 heterocycles. The summed E-state index contributed by atoms with van der Waals surface area (Å²) in [5.41, 5.74) is 8.27. The Kier molecular flexibility index (Phi) is 3.59. The van der Waals surface area contributed by atoms with Crippen LogP contribution in [0.2, 0.25) is 0 Å². The van der Waals surface area contributed by atoms with Crippen LogP contribution in [-0.2, 0) is 0 Å². The van der Waals surface area contributed by atoms with Crippen molar-refractivity contribution in [2.75, 3.05) is 18.0 Å². The highest BCUT2D eigenvalue weighted by atomic mass is 32.1. The highest BCUT2D eigenvalue weighted by Crippen LogP contribution is 2.29. The number of aryl methyl sites for hydroxylation is 1. The number of aliphatic hydroxyl groups is 1. The fourth-order valence-corrected chi connectivity index (χ4v) is 2.71. The fourth-order valence-electron chi connectivity index (χ4n) is 2.54. The monoisotopic (exact) mass is 264 g/mol. The topological polar surface area (TPSA) is 49.5 Å². The van der Waals surface area contributed by atoms with Gasteiger partial charge in [0.05, 0.1) is 5.60 Å². The van der Waals surface area contributed by atoms with Crippen molar-refractivity contribution in [3.8, 4) is 0 Å². The van der Waals surface area contributed by atoms with Gasteiger partial charge in [-0.2, -0.15) is 0 Å². The maximum atomic E-state index is 10.2. The van der Waals surface area contributed by atoms with Gasteiger partial charge >= 0.3 is 0 Å². The Labute approximate surface area is 114 Å². The van der Waals surface area contributed by atoms with Crippen molar-refractivity contribution in [3.63, 3.8) is 0 Å². The van der Waals surface area contributed by atoms with Gasteiger partial charge in [-0.25, -0.2) is 0 Å². The molecule has 1 aromatic carbocycles. The standard InChI is InChI=1S/C14H20N2OS/c1-10-4-5-11(13(15)18)12(8-10)16-7-3-6-14(2,17)9-16/h4-5,8,17H,3,6-7,9H2,1-2H3,(H2,15,18). The first-order valence-corrected chi connectivity index (χ1v) is 6.68. The summed E-state index contributed by atoms with van der Waals surface area (Å²) in [6, 6.07) is 6.08. The molecule has 1 aliphatic rings. The zero-order chi connectivity index (χ0) is 13.3. The highest BCUT2D eigenvalue weighted by Gasteiger charge is 2.29. The minimum Gasteiger partial charge on any atom is -0.389 e. The lowest BCUT2D eigenvalue weighted by atomic mass is 9.94. The van der Waals surface area contributed by atoms with Gasteiger partial charge in [0.1, 0.15) is 4.99 Å². The Morgan fingerprint density at radius 3 is 2.83 bits per heavy atom. The summed E-state index contributed by atoms with van der Waals surface area (Å²) >= 11 is 5.11. The Hall–Kier alpha value is -1.13. The number of nitrogens with zero attached hydrogens (tertiary/aromatic N) is 1. The molecule has 1 fully saturated rings. The summed E-state index contributed by atoms with van der Waals surface area (Å²) in [6.07, 6.45) is 1.83. The van der Waals surface area contributed by atoms with E-state index in [1.54, 1.807) is 0 Å². The summed E-state index contributed by atoms with van der Waals surface area (Å²) in [4.78, 5) is 2.60. The maximum Gasteiger partial charge on any atom is 0.106 e. The summed E-state index contributed by atoms with van der Waals surface area (Å²) in [5, 5.41) is 10.2. The largest absolute Gasteiger partial charge is 0.389 e. The molecule has 0 radical (unpaired) electrons. The Morgan fingerprint density at radius 1 is 1.50 bits per heavy atom. The molecule has 3 nitrogen and oxygen atoms in total. The van der Waals surface area contributed by atoms with E-state index in [9.17, 15) is 5.11 Å². The van der Waals surface area contributed by atoms with Gasteiger partial charge in [0.2, 0.25) is 0 Å². The summed E-state index contributed by atoms with van der Waals surface area (Å²) in [5.74, 6) is 0. The van der Waals surface area contributed by atoms with Gasteiger partial charge in [-0.15, -0.1) is 0 Å². The third-order valence-corrected chi connectivity index (χ3v) is 3.65. The lowest BCUT2D eigenvalue weighted by molar-refractivity contribution is 0.0449. The van der Waals surface area contributed by atoms with Crippen LogP contribution in [0.15, 0.2) is 18.2 Å². The second-order valence-corrected chi connectivity index (χ2v) is 5.85. The molecule has 1 unspecified atom stereocenters. The number of hydrogen-bond donors (Lipinski definition) is 2. The van der Waals surface area contributed by atoms with Crippen molar-refractivity contribution in [3.05, 3.63) is 29.3 Å². The first kappa shape index (κ1) is 13.3. The molecule has 0 saturated carbocycles. The number of piperidine rings is 1. The fraction of sp³-hybridized carbons (Fsp3) is 0.500. The van der Waals surface area contributed by atoms with Crippen LogP contribution in [-0.4, -0.2) is 28.8 Å². The van der Waals surface area contributed by atoms with Gasteiger partial charge in [-0.05, 0) is 44.4 Å². The van der Waals surface area contributed by atoms with Crippen molar-refractivity contribution < 1.29 is 5.11 Å². The molecule has 1 saturated heterocycles. The minimum absolute atomic E-state index is 0.412. The minimum atomic E-state index is -0.629. The second-order valence-electron chi connectivity index (χ2n) is 5.41. The lowest BCUT2D eigenvalue weighted by Gasteiger charge is -2.39. The van der Waals surface area contributed by atoms with Crippen molar-refractivity contribution in [1.82, 2.24) is 0 Å². The summed E-state index contributed by atoms with van der Waals surface area (Å²) in [6.45, 7) is 5.51. The normalized spacial score (nSPS) is 24.1. The van der Waals surface area contributed by atoms with Crippen LogP contribution < -0.4 is 10.6 Å². The predicted octanol–water partition coefficient (Wildman–Crippen LogP) is 1.98. The molecule has 18 heavy (non-hydrogen) atoms. The van der Waals surface area contributed by atoms with Gasteiger partial charge in [0, 0.05) is 24.3 Å². The number of hydrogen-bond acceptors (Lipinski definition) is 3. The average Bonchev–Trinajstić information content (AvgIpc) is 2.27. The van der Waals surface area contributed by atoms with E-state index in [1.165, 1.54) is 5.56 Å². The molecule has 0 aliphatic carbocycles. The Bertz CT molecular complexity index is 471. The number of nitrogens with two attached hydrogens (primary N) is 1. The van der Waals surface area contributed by atoms with E-state index in [-0.39, 0.29) is 0 Å². The van der Waals surface area contributed by atoms with Gasteiger partial charge < -0.3 is 15.7 Å². The van der Waals surface area contributed by atoms with Crippen LogP contribution in [0.4, 0.5) is 5.69 Å². The van der Waals surface area contributed by atoms with Crippen molar-refractivity contribution >= 4 is 22.9 Å². The molecule has 0 bridgehead atoms. The number of thiocarbonyl (C=S) groups is 1. The average molecular weight is 264 g/mol. The van der Waals surface area contributed by atoms with Crippen molar-refractivity contribution in [2.24, 2.45) is 5.73 Å². The molecule has 1 aliphatic heterocycles. The Balaban J connectivity index is 2.37. The molecule has 4 heteroatoms. The summed E-state index contributed by atoms with van der Waals surface area (Å²) in [7, 11) is 0. The zero-order valence-electron chi connectivity index (χ0n) is 10.9. The molecule has 0 spiro atoms. The van der Waals surface area contributed by atoms with Crippen LogP contribution in [0.3, 0.4) is 0 Å². The summed E-state index contributed by atoms with van der Waals surface area (Å²) < 4.78 is 0. The van der Waals surface area contributed by atoms with Crippen molar-refractivity contribution in [2.45, 2.75) is 32.3 Å². The first-order valence-electron chi connectivity index (χ1n) is 6.27. The maximum absolute atomic E-state index is 10.2. The van der Waals surface area contributed by atoms with E-state index in [4.69, 9.17) is 18.0 Å². The number of rotatable bonds is 2. The highest BCUT2D eigenvalue weighted by molar-refractivity contribution is 7.80. The third kappa shape index (κ3) is 2.82. The van der Waals surface area contributed by atoms with Gasteiger partial charge in [0.15, 0.2) is 0 Å².